The number of pyridine rings is 1. The first-order valence-corrected chi connectivity index (χ1v) is 9.33. The number of benzene rings is 1. The predicted octanol–water partition coefficient (Wildman–Crippen LogP) is 3.71. The number of amides is 1. The summed E-state index contributed by atoms with van der Waals surface area (Å²) in [5.41, 5.74) is 5.38. The third-order valence-corrected chi connectivity index (χ3v) is 4.99. The van der Waals surface area contributed by atoms with Crippen LogP contribution in [0.15, 0.2) is 36.7 Å². The molecule has 0 bridgehead atoms. The number of aromatic nitrogens is 3. The summed E-state index contributed by atoms with van der Waals surface area (Å²) in [5, 5.41) is 8.17. The summed E-state index contributed by atoms with van der Waals surface area (Å²) >= 11 is 6.24. The fourth-order valence-corrected chi connectivity index (χ4v) is 3.33. The molecule has 7 heteroatoms. The van der Waals surface area contributed by atoms with E-state index in [1.165, 1.54) is 0 Å². The van der Waals surface area contributed by atoms with Crippen LogP contribution < -0.4 is 10.1 Å². The minimum absolute atomic E-state index is 0.0776. The van der Waals surface area contributed by atoms with Gasteiger partial charge in [-0.25, -0.2) is 4.68 Å². The van der Waals surface area contributed by atoms with Crippen LogP contribution in [0.5, 0.6) is 5.75 Å². The normalized spacial score (nSPS) is 10.8. The second-order valence-electron chi connectivity index (χ2n) is 6.69. The van der Waals surface area contributed by atoms with Crippen LogP contribution in [0.4, 0.5) is 0 Å². The summed E-state index contributed by atoms with van der Waals surface area (Å²) in [6, 6.07) is 7.66. The van der Waals surface area contributed by atoms with Gasteiger partial charge in [-0.1, -0.05) is 23.7 Å². The molecule has 0 saturated carbocycles. The predicted molar refractivity (Wildman–Crippen MR) is 109 cm³/mol. The van der Waals surface area contributed by atoms with E-state index in [0.717, 1.165) is 33.8 Å². The van der Waals surface area contributed by atoms with Crippen LogP contribution in [0.25, 0.3) is 5.69 Å². The number of nitrogens with one attached hydrogen (secondary N) is 1. The molecule has 146 valence electrons. The Morgan fingerprint density at radius 3 is 2.71 bits per heavy atom. The Hall–Kier alpha value is -2.86. The van der Waals surface area contributed by atoms with Crippen molar-refractivity contribution in [2.75, 3.05) is 7.11 Å². The van der Waals surface area contributed by atoms with Crippen molar-refractivity contribution in [2.45, 2.75) is 33.7 Å². The molecule has 1 aromatic carbocycles. The first-order chi connectivity index (χ1) is 13.4. The first-order valence-electron chi connectivity index (χ1n) is 8.95. The molecule has 28 heavy (non-hydrogen) atoms. The lowest BCUT2D eigenvalue weighted by Crippen LogP contribution is -2.25. The van der Waals surface area contributed by atoms with Crippen LogP contribution in [0.1, 0.15) is 28.1 Å². The largest absolute Gasteiger partial charge is 0.495 e. The maximum absolute atomic E-state index is 12.5. The average molecular weight is 399 g/mol. The van der Waals surface area contributed by atoms with Gasteiger partial charge in [-0.2, -0.15) is 5.10 Å². The van der Waals surface area contributed by atoms with Crippen LogP contribution in [0.2, 0.25) is 5.02 Å². The summed E-state index contributed by atoms with van der Waals surface area (Å²) in [6.45, 7) is 6.22. The quantitative estimate of drug-likeness (QED) is 0.687. The maximum atomic E-state index is 12.5. The van der Waals surface area contributed by atoms with Crippen LogP contribution in [-0.4, -0.2) is 27.8 Å². The van der Waals surface area contributed by atoms with Gasteiger partial charge in [0.2, 0.25) is 5.91 Å². The molecular formula is C21H23ClN4O2. The molecule has 0 fully saturated rings. The number of aryl methyl sites for hydroxylation is 2. The number of rotatable bonds is 6. The lowest BCUT2D eigenvalue weighted by atomic mass is 10.1. The van der Waals surface area contributed by atoms with Gasteiger partial charge in [0.15, 0.2) is 0 Å². The maximum Gasteiger partial charge on any atom is 0.224 e. The van der Waals surface area contributed by atoms with Crippen molar-refractivity contribution >= 4 is 17.5 Å². The third-order valence-electron chi connectivity index (χ3n) is 4.64. The number of hydrogen-bond acceptors (Lipinski definition) is 4. The molecule has 0 spiro atoms. The van der Waals surface area contributed by atoms with E-state index in [2.05, 4.69) is 15.4 Å². The zero-order valence-electron chi connectivity index (χ0n) is 16.4. The highest BCUT2D eigenvalue weighted by Crippen LogP contribution is 2.21. The van der Waals surface area contributed by atoms with E-state index in [9.17, 15) is 4.79 Å². The van der Waals surface area contributed by atoms with Gasteiger partial charge in [0.05, 0.1) is 37.3 Å². The monoisotopic (exact) mass is 398 g/mol. The fraction of sp³-hybridized carbons (Fsp3) is 0.286. The smallest absolute Gasteiger partial charge is 0.224 e. The third kappa shape index (κ3) is 4.34. The summed E-state index contributed by atoms with van der Waals surface area (Å²) in [7, 11) is 1.60. The van der Waals surface area contributed by atoms with Crippen molar-refractivity contribution in [1.82, 2.24) is 20.1 Å². The minimum Gasteiger partial charge on any atom is -0.495 e. The van der Waals surface area contributed by atoms with Gasteiger partial charge in [0.25, 0.3) is 0 Å². The van der Waals surface area contributed by atoms with Crippen LogP contribution >= 0.6 is 11.6 Å². The standard InChI is InChI=1S/C21H23ClN4O2/c1-13-5-6-16(20(22)7-13)10-24-21(27)9-19-14(2)25-26(15(19)3)17-8-18(28-4)12-23-11-17/h5-8,11-12H,9-10H2,1-4H3,(H,24,27). The Morgan fingerprint density at radius 2 is 2.00 bits per heavy atom. The molecule has 2 aromatic heterocycles. The summed E-state index contributed by atoms with van der Waals surface area (Å²) in [6.07, 6.45) is 3.60. The highest BCUT2D eigenvalue weighted by molar-refractivity contribution is 6.31. The second kappa shape index (κ2) is 8.44. The number of hydrogen-bond donors (Lipinski definition) is 1. The van der Waals surface area contributed by atoms with Gasteiger partial charge in [0, 0.05) is 28.9 Å². The van der Waals surface area contributed by atoms with Crippen molar-refractivity contribution < 1.29 is 9.53 Å². The molecule has 0 aliphatic heterocycles. The van der Waals surface area contributed by atoms with Gasteiger partial charge in [-0.3, -0.25) is 9.78 Å². The van der Waals surface area contributed by atoms with E-state index >= 15 is 0 Å². The SMILES string of the molecule is COc1cncc(-n2nc(C)c(CC(=O)NCc3ccc(C)cc3Cl)c2C)c1. The number of ether oxygens (including phenoxy) is 1. The van der Waals surface area contributed by atoms with Gasteiger partial charge >= 0.3 is 0 Å². The molecular weight excluding hydrogens is 376 g/mol. The first kappa shape index (κ1) is 19.9. The van der Waals surface area contributed by atoms with E-state index in [0.29, 0.717) is 17.3 Å². The van der Waals surface area contributed by atoms with Crippen molar-refractivity contribution in [3.63, 3.8) is 0 Å². The van der Waals surface area contributed by atoms with Crippen molar-refractivity contribution in [2.24, 2.45) is 0 Å². The Bertz CT molecular complexity index is 1010. The summed E-state index contributed by atoms with van der Waals surface area (Å²) in [5.74, 6) is 0.575. The van der Waals surface area contributed by atoms with Crippen LogP contribution in [0, 0.1) is 20.8 Å². The lowest BCUT2D eigenvalue weighted by Gasteiger charge is -2.09. The van der Waals surface area contributed by atoms with Crippen molar-refractivity contribution in [3.05, 3.63) is 69.8 Å². The van der Waals surface area contributed by atoms with Gasteiger partial charge in [-0.05, 0) is 38.0 Å². The Labute approximate surface area is 169 Å². The average Bonchev–Trinajstić information content (AvgIpc) is 2.95. The molecule has 0 saturated heterocycles. The summed E-state index contributed by atoms with van der Waals surface area (Å²) in [4.78, 5) is 16.7. The highest BCUT2D eigenvalue weighted by Gasteiger charge is 2.16. The zero-order chi connectivity index (χ0) is 20.3. The molecule has 3 rings (SSSR count). The lowest BCUT2D eigenvalue weighted by molar-refractivity contribution is -0.120. The Morgan fingerprint density at radius 1 is 1.21 bits per heavy atom. The van der Waals surface area contributed by atoms with Gasteiger partial charge in [-0.15, -0.1) is 0 Å². The topological polar surface area (TPSA) is 69.0 Å². The number of carbonyl (C=O) groups excluding carboxylic acids is 1. The molecule has 1 N–H and O–H groups in total. The molecule has 0 radical (unpaired) electrons. The van der Waals surface area contributed by atoms with Crippen molar-refractivity contribution in [1.29, 1.82) is 0 Å². The number of nitrogens with zero attached hydrogens (tertiary/aromatic N) is 3. The van der Waals surface area contributed by atoms with E-state index in [1.807, 2.05) is 45.0 Å². The van der Waals surface area contributed by atoms with Crippen LogP contribution in [0.3, 0.4) is 0 Å². The molecule has 0 atom stereocenters. The van der Waals surface area contributed by atoms with E-state index in [4.69, 9.17) is 16.3 Å². The van der Waals surface area contributed by atoms with E-state index in [-0.39, 0.29) is 12.3 Å². The minimum atomic E-state index is -0.0776. The fourth-order valence-electron chi connectivity index (χ4n) is 3.03. The Balaban J connectivity index is 1.73. The molecule has 0 aliphatic rings. The zero-order valence-corrected chi connectivity index (χ0v) is 17.2. The number of halogens is 1. The number of methoxy groups -OCH3 is 1. The number of carbonyl (C=O) groups is 1. The van der Waals surface area contributed by atoms with Gasteiger partial charge < -0.3 is 10.1 Å². The molecule has 3 aromatic rings. The molecule has 0 aliphatic carbocycles. The summed E-state index contributed by atoms with van der Waals surface area (Å²) < 4.78 is 7.01. The highest BCUT2D eigenvalue weighted by atomic mass is 35.5. The van der Waals surface area contributed by atoms with E-state index < -0.39 is 0 Å². The molecule has 1 amide bonds. The van der Waals surface area contributed by atoms with Crippen LogP contribution in [-0.2, 0) is 17.8 Å². The molecule has 0 unspecified atom stereocenters. The Kier molecular flexibility index (Phi) is 5.99. The second-order valence-corrected chi connectivity index (χ2v) is 7.10. The van der Waals surface area contributed by atoms with E-state index in [1.54, 1.807) is 24.2 Å². The van der Waals surface area contributed by atoms with Crippen molar-refractivity contribution in [3.8, 4) is 11.4 Å². The van der Waals surface area contributed by atoms with Gasteiger partial charge in [0.1, 0.15) is 5.75 Å². The molecule has 6 nitrogen and oxygen atoms in total. The molecule has 2 heterocycles.